The summed E-state index contributed by atoms with van der Waals surface area (Å²) in [4.78, 5) is 0. The first-order valence-electron chi connectivity index (χ1n) is 8.37. The summed E-state index contributed by atoms with van der Waals surface area (Å²) in [5, 5.41) is 0. The zero-order valence-electron chi connectivity index (χ0n) is 13.3. The van der Waals surface area contributed by atoms with Crippen molar-refractivity contribution in [3.05, 3.63) is 12.2 Å². The summed E-state index contributed by atoms with van der Waals surface area (Å²) < 4.78 is 0. The monoisotopic (exact) mass is 268 g/mol. The summed E-state index contributed by atoms with van der Waals surface area (Å²) in [7, 11) is 0. The Balaban J connectivity index is 3.33. The molecule has 0 radical (unpaired) electrons. The van der Waals surface area contributed by atoms with Crippen LogP contribution in [0.25, 0.3) is 0 Å². The first kappa shape index (κ1) is 18.7. The van der Waals surface area contributed by atoms with Gasteiger partial charge in [0, 0.05) is 6.04 Å². The largest absolute Gasteiger partial charge is 0.271 e. The second-order valence-corrected chi connectivity index (χ2v) is 5.79. The average Bonchev–Trinajstić information content (AvgIpc) is 2.43. The minimum atomic E-state index is 0.428. The Bertz CT molecular complexity index is 201. The van der Waals surface area contributed by atoms with E-state index in [2.05, 4.69) is 25.9 Å². The lowest BCUT2D eigenvalue weighted by molar-refractivity contribution is 0.454. The molecule has 3 N–H and O–H groups in total. The Labute approximate surface area is 121 Å². The van der Waals surface area contributed by atoms with Gasteiger partial charge in [-0.15, -0.1) is 0 Å². The van der Waals surface area contributed by atoms with Crippen molar-refractivity contribution in [3.63, 3.8) is 0 Å². The van der Waals surface area contributed by atoms with Crippen molar-refractivity contribution < 1.29 is 0 Å². The van der Waals surface area contributed by atoms with E-state index in [9.17, 15) is 0 Å². The van der Waals surface area contributed by atoms with E-state index in [1.807, 2.05) is 0 Å². The molecular weight excluding hydrogens is 232 g/mol. The molecule has 1 atom stereocenters. The van der Waals surface area contributed by atoms with E-state index in [4.69, 9.17) is 5.84 Å². The van der Waals surface area contributed by atoms with Crippen LogP contribution in [-0.4, -0.2) is 6.04 Å². The highest BCUT2D eigenvalue weighted by Crippen LogP contribution is 2.14. The van der Waals surface area contributed by atoms with Crippen LogP contribution in [-0.2, 0) is 0 Å². The zero-order valence-corrected chi connectivity index (χ0v) is 13.3. The minimum absolute atomic E-state index is 0.428. The van der Waals surface area contributed by atoms with Crippen LogP contribution >= 0.6 is 0 Å². The number of hydrogen-bond acceptors (Lipinski definition) is 2. The highest BCUT2D eigenvalue weighted by molar-refractivity contribution is 4.95. The fourth-order valence-corrected chi connectivity index (χ4v) is 2.44. The van der Waals surface area contributed by atoms with E-state index >= 15 is 0 Å². The lowest BCUT2D eigenvalue weighted by atomic mass is 9.99. The molecule has 0 aromatic heterocycles. The first-order valence-corrected chi connectivity index (χ1v) is 8.37. The molecule has 0 bridgehead atoms. The Hall–Kier alpha value is -0.340. The second kappa shape index (κ2) is 14.1. The van der Waals surface area contributed by atoms with Crippen molar-refractivity contribution >= 4 is 0 Å². The molecule has 0 saturated carbocycles. The van der Waals surface area contributed by atoms with Crippen LogP contribution in [0.4, 0.5) is 0 Å². The molecule has 0 aliphatic carbocycles. The zero-order chi connectivity index (χ0) is 14.3. The minimum Gasteiger partial charge on any atom is -0.271 e. The Morgan fingerprint density at radius 2 is 1.47 bits per heavy atom. The maximum absolute atomic E-state index is 5.59. The van der Waals surface area contributed by atoms with Gasteiger partial charge in [0.05, 0.1) is 0 Å². The number of hydrazine groups is 1. The van der Waals surface area contributed by atoms with Crippen molar-refractivity contribution in [3.8, 4) is 0 Å². The average molecular weight is 268 g/mol. The molecule has 114 valence electrons. The molecule has 2 heteroatoms. The summed E-state index contributed by atoms with van der Waals surface area (Å²) in [6.07, 6.45) is 15.7. The highest BCUT2D eigenvalue weighted by Gasteiger charge is 2.07. The molecule has 19 heavy (non-hydrogen) atoms. The second-order valence-electron chi connectivity index (χ2n) is 5.79. The van der Waals surface area contributed by atoms with Gasteiger partial charge in [-0.2, -0.15) is 0 Å². The SMILES string of the molecule is C=C(CC)CC(CCCCCCCCCCC)NN. The first-order chi connectivity index (χ1) is 9.24. The molecular formula is C17H36N2. The number of rotatable bonds is 14. The lowest BCUT2D eigenvalue weighted by Crippen LogP contribution is -2.35. The van der Waals surface area contributed by atoms with E-state index in [1.165, 1.54) is 69.8 Å². The summed E-state index contributed by atoms with van der Waals surface area (Å²) in [5.74, 6) is 5.59. The van der Waals surface area contributed by atoms with Gasteiger partial charge in [0.15, 0.2) is 0 Å². The van der Waals surface area contributed by atoms with Gasteiger partial charge in [0.2, 0.25) is 0 Å². The van der Waals surface area contributed by atoms with Gasteiger partial charge in [0.1, 0.15) is 0 Å². The van der Waals surface area contributed by atoms with Gasteiger partial charge >= 0.3 is 0 Å². The van der Waals surface area contributed by atoms with E-state index in [0.717, 1.165) is 12.8 Å². The lowest BCUT2D eigenvalue weighted by Gasteiger charge is -2.16. The van der Waals surface area contributed by atoms with Gasteiger partial charge in [-0.3, -0.25) is 11.3 Å². The third-order valence-electron chi connectivity index (χ3n) is 3.93. The summed E-state index contributed by atoms with van der Waals surface area (Å²) >= 11 is 0. The van der Waals surface area contributed by atoms with E-state index in [0.29, 0.717) is 6.04 Å². The van der Waals surface area contributed by atoms with Gasteiger partial charge in [-0.25, -0.2) is 0 Å². The van der Waals surface area contributed by atoms with Gasteiger partial charge in [-0.1, -0.05) is 83.8 Å². The standard InChI is InChI=1S/C17H36N2/c1-4-6-7-8-9-10-11-12-13-14-17(19-18)15-16(3)5-2/h17,19H,3-15,18H2,1-2H3. The molecule has 0 spiro atoms. The van der Waals surface area contributed by atoms with Crippen molar-refractivity contribution in [2.75, 3.05) is 0 Å². The van der Waals surface area contributed by atoms with Crippen molar-refractivity contribution in [1.29, 1.82) is 0 Å². The highest BCUT2D eigenvalue weighted by atomic mass is 15.2. The van der Waals surface area contributed by atoms with E-state index in [1.54, 1.807) is 0 Å². The van der Waals surface area contributed by atoms with Crippen molar-refractivity contribution in [2.45, 2.75) is 96.9 Å². The number of nitrogens with two attached hydrogens (primary N) is 1. The molecule has 0 rings (SSSR count). The smallest absolute Gasteiger partial charge is 0.0247 e. The Morgan fingerprint density at radius 3 is 1.95 bits per heavy atom. The maximum Gasteiger partial charge on any atom is 0.0247 e. The van der Waals surface area contributed by atoms with Crippen LogP contribution in [0.3, 0.4) is 0 Å². The van der Waals surface area contributed by atoms with Gasteiger partial charge in [-0.05, 0) is 19.3 Å². The number of hydrogen-bond donors (Lipinski definition) is 2. The fourth-order valence-electron chi connectivity index (χ4n) is 2.44. The number of nitrogens with one attached hydrogen (secondary N) is 1. The molecule has 0 amide bonds. The predicted octanol–water partition coefficient (Wildman–Crippen LogP) is 5.10. The predicted molar refractivity (Wildman–Crippen MR) is 87.0 cm³/mol. The molecule has 0 saturated heterocycles. The third kappa shape index (κ3) is 12.4. The van der Waals surface area contributed by atoms with Gasteiger partial charge < -0.3 is 0 Å². The van der Waals surface area contributed by atoms with Crippen LogP contribution in [0.1, 0.15) is 90.9 Å². The van der Waals surface area contributed by atoms with E-state index < -0.39 is 0 Å². The summed E-state index contributed by atoms with van der Waals surface area (Å²) in [6.45, 7) is 8.49. The van der Waals surface area contributed by atoms with E-state index in [-0.39, 0.29) is 0 Å². The van der Waals surface area contributed by atoms with Crippen LogP contribution in [0, 0.1) is 0 Å². The topological polar surface area (TPSA) is 38.0 Å². The van der Waals surface area contributed by atoms with Crippen molar-refractivity contribution in [1.82, 2.24) is 5.43 Å². The Morgan fingerprint density at radius 1 is 0.947 bits per heavy atom. The fraction of sp³-hybridized carbons (Fsp3) is 0.882. The molecule has 0 aromatic rings. The molecule has 0 aliphatic heterocycles. The van der Waals surface area contributed by atoms with Crippen LogP contribution < -0.4 is 11.3 Å². The van der Waals surface area contributed by atoms with Crippen LogP contribution in [0.15, 0.2) is 12.2 Å². The molecule has 0 fully saturated rings. The van der Waals surface area contributed by atoms with Crippen LogP contribution in [0.5, 0.6) is 0 Å². The van der Waals surface area contributed by atoms with Crippen LogP contribution in [0.2, 0.25) is 0 Å². The summed E-state index contributed by atoms with van der Waals surface area (Å²) in [6, 6.07) is 0.428. The molecule has 0 aliphatic rings. The number of unbranched alkanes of at least 4 members (excludes halogenated alkanes) is 8. The molecule has 0 aromatic carbocycles. The molecule has 0 heterocycles. The van der Waals surface area contributed by atoms with Gasteiger partial charge in [0.25, 0.3) is 0 Å². The maximum atomic E-state index is 5.59. The normalized spacial score (nSPS) is 12.6. The summed E-state index contributed by atoms with van der Waals surface area (Å²) in [5.41, 5.74) is 4.24. The quantitative estimate of drug-likeness (QED) is 0.199. The third-order valence-corrected chi connectivity index (χ3v) is 3.93. The molecule has 2 nitrogen and oxygen atoms in total. The van der Waals surface area contributed by atoms with Crippen molar-refractivity contribution in [2.24, 2.45) is 5.84 Å². The molecule has 1 unspecified atom stereocenters. The Kier molecular flexibility index (Phi) is 13.8.